The molecule has 0 atom stereocenters. The van der Waals surface area contributed by atoms with Gasteiger partial charge in [-0.05, 0) is 0 Å². The van der Waals surface area contributed by atoms with Crippen LogP contribution in [0.4, 0.5) is 0 Å². The highest BCUT2D eigenvalue weighted by Crippen LogP contribution is 2.15. The van der Waals surface area contributed by atoms with Crippen molar-refractivity contribution in [2.45, 2.75) is 6.92 Å². The lowest BCUT2D eigenvalue weighted by molar-refractivity contribution is -0.734. The van der Waals surface area contributed by atoms with Gasteiger partial charge in [0.05, 0.1) is 23.1 Å². The fourth-order valence-electron chi connectivity index (χ4n) is 1.56. The third kappa shape index (κ3) is 1.25. The van der Waals surface area contributed by atoms with Crippen molar-refractivity contribution in [1.82, 2.24) is 14.9 Å². The molecule has 0 N–H and O–H groups in total. The monoisotopic (exact) mass is 206 g/mol. The maximum atomic E-state index is 11.0. The number of carboxylic acid groups (broad SMARTS) is 1. The van der Waals surface area contributed by atoms with E-state index in [-0.39, 0.29) is 5.56 Å². The molecule has 6 heteroatoms. The fourth-order valence-corrected chi connectivity index (χ4v) is 1.56. The number of fused-ring (bicyclic) bond motifs is 1. The topological polar surface area (TPSA) is 74.7 Å². The molecule has 0 aliphatic rings. The molecule has 0 bridgehead atoms. The molecule has 0 aliphatic carbocycles. The van der Waals surface area contributed by atoms with E-state index in [4.69, 9.17) is 0 Å². The van der Waals surface area contributed by atoms with Gasteiger partial charge in [-0.15, -0.1) is 0 Å². The minimum atomic E-state index is -1.21. The second kappa shape index (κ2) is 3.01. The average molecular weight is 206 g/mol. The summed E-state index contributed by atoms with van der Waals surface area (Å²) in [6.07, 6.45) is 1.49. The largest absolute Gasteiger partial charge is 0.545 e. The average Bonchev–Trinajstić information content (AvgIpc) is 2.49. The number of hydrogen-bond donors (Lipinski definition) is 0. The molecule has 0 fully saturated rings. The molecular weight excluding hydrogens is 196 g/mol. The van der Waals surface area contributed by atoms with E-state index in [9.17, 15) is 9.90 Å². The van der Waals surface area contributed by atoms with Gasteiger partial charge in [0, 0.05) is 19.1 Å². The summed E-state index contributed by atoms with van der Waals surface area (Å²) in [4.78, 5) is 11.0. The van der Waals surface area contributed by atoms with E-state index in [0.29, 0.717) is 16.7 Å². The van der Waals surface area contributed by atoms with E-state index in [1.54, 1.807) is 21.0 Å². The Bertz CT molecular complexity index is 559. The van der Waals surface area contributed by atoms with Crippen LogP contribution >= 0.6 is 0 Å². The smallest absolute Gasteiger partial charge is 0.226 e. The van der Waals surface area contributed by atoms with Gasteiger partial charge in [-0.1, -0.05) is 4.68 Å². The number of rotatable bonds is 1. The first-order chi connectivity index (χ1) is 7.02. The number of aryl methyl sites for hydroxylation is 2. The molecular formula is C9H10N4O2. The van der Waals surface area contributed by atoms with Gasteiger partial charge >= 0.3 is 0 Å². The Morgan fingerprint density at radius 1 is 1.60 bits per heavy atom. The molecule has 0 radical (unpaired) electrons. The molecule has 0 spiro atoms. The van der Waals surface area contributed by atoms with Crippen LogP contribution in [0, 0.1) is 6.92 Å². The highest BCUT2D eigenvalue weighted by atomic mass is 16.4. The third-order valence-corrected chi connectivity index (χ3v) is 2.47. The number of aromatic nitrogens is 4. The van der Waals surface area contributed by atoms with Gasteiger partial charge in [-0.2, -0.15) is 5.10 Å². The van der Waals surface area contributed by atoms with Crippen LogP contribution in [0.25, 0.3) is 11.0 Å². The lowest BCUT2D eigenvalue weighted by Gasteiger charge is -2.04. The molecule has 0 unspecified atom stereocenters. The first-order valence-electron chi connectivity index (χ1n) is 4.42. The number of nitrogens with zero attached hydrogens (tertiary/aromatic N) is 4. The van der Waals surface area contributed by atoms with Crippen LogP contribution in [-0.2, 0) is 14.1 Å². The van der Waals surface area contributed by atoms with Crippen molar-refractivity contribution in [3.05, 3.63) is 17.5 Å². The van der Waals surface area contributed by atoms with E-state index in [2.05, 4.69) is 10.2 Å². The van der Waals surface area contributed by atoms with E-state index in [0.717, 1.165) is 0 Å². The van der Waals surface area contributed by atoms with E-state index in [1.165, 1.54) is 15.6 Å². The van der Waals surface area contributed by atoms with Gasteiger partial charge in [0.1, 0.15) is 0 Å². The van der Waals surface area contributed by atoms with Crippen LogP contribution in [0.3, 0.4) is 0 Å². The van der Waals surface area contributed by atoms with Crippen LogP contribution in [0.15, 0.2) is 6.20 Å². The summed E-state index contributed by atoms with van der Waals surface area (Å²) >= 11 is 0. The Labute approximate surface area is 85.8 Å². The molecule has 2 rings (SSSR count). The summed E-state index contributed by atoms with van der Waals surface area (Å²) in [5.41, 5.74) is 1.23. The first-order valence-corrected chi connectivity index (χ1v) is 4.42. The van der Waals surface area contributed by atoms with Crippen molar-refractivity contribution in [2.24, 2.45) is 14.1 Å². The summed E-state index contributed by atoms with van der Waals surface area (Å²) in [6, 6.07) is 0. The Kier molecular flexibility index (Phi) is 1.92. The fraction of sp³-hybridized carbons (Fsp3) is 0.333. The molecule has 0 saturated carbocycles. The quantitative estimate of drug-likeness (QED) is 0.530. The van der Waals surface area contributed by atoms with Gasteiger partial charge in [0.25, 0.3) is 0 Å². The van der Waals surface area contributed by atoms with Crippen LogP contribution in [-0.4, -0.2) is 20.8 Å². The minimum absolute atomic E-state index is 0.149. The predicted molar refractivity (Wildman–Crippen MR) is 48.8 cm³/mol. The zero-order valence-corrected chi connectivity index (χ0v) is 8.68. The molecule has 2 aromatic heterocycles. The zero-order valence-electron chi connectivity index (χ0n) is 8.68. The van der Waals surface area contributed by atoms with Crippen molar-refractivity contribution >= 4 is 17.0 Å². The van der Waals surface area contributed by atoms with Crippen LogP contribution in [0.2, 0.25) is 0 Å². The van der Waals surface area contributed by atoms with Gasteiger partial charge in [-0.25, -0.2) is 4.68 Å². The number of hydrogen-bond acceptors (Lipinski definition) is 4. The van der Waals surface area contributed by atoms with Crippen molar-refractivity contribution < 1.29 is 14.6 Å². The van der Waals surface area contributed by atoms with Gasteiger partial charge < -0.3 is 9.90 Å². The van der Waals surface area contributed by atoms with Crippen molar-refractivity contribution in [3.63, 3.8) is 0 Å². The molecule has 2 heterocycles. The summed E-state index contributed by atoms with van der Waals surface area (Å²) in [7, 11) is 3.40. The van der Waals surface area contributed by atoms with E-state index >= 15 is 0 Å². The second-order valence-corrected chi connectivity index (χ2v) is 3.38. The van der Waals surface area contributed by atoms with E-state index in [1.807, 2.05) is 0 Å². The second-order valence-electron chi connectivity index (χ2n) is 3.38. The Morgan fingerprint density at radius 2 is 2.27 bits per heavy atom. The number of carboxylic acids is 1. The van der Waals surface area contributed by atoms with Crippen molar-refractivity contribution in [2.75, 3.05) is 0 Å². The number of carbonyl (C=O) groups is 1. The summed E-state index contributed by atoms with van der Waals surface area (Å²) in [5, 5.41) is 19.7. The summed E-state index contributed by atoms with van der Waals surface area (Å²) in [6.45, 7) is 1.69. The molecule has 6 nitrogen and oxygen atoms in total. The third-order valence-electron chi connectivity index (χ3n) is 2.47. The van der Waals surface area contributed by atoms with Crippen LogP contribution in [0.1, 0.15) is 16.1 Å². The highest BCUT2D eigenvalue weighted by molar-refractivity contribution is 6.00. The minimum Gasteiger partial charge on any atom is -0.545 e. The van der Waals surface area contributed by atoms with Crippen LogP contribution < -0.4 is 9.79 Å². The normalized spacial score (nSPS) is 10.9. The Balaban J connectivity index is 2.97. The lowest BCUT2D eigenvalue weighted by Crippen LogP contribution is -2.40. The lowest BCUT2D eigenvalue weighted by atomic mass is 10.1. The summed E-state index contributed by atoms with van der Waals surface area (Å²) in [5.74, 6) is -1.21. The van der Waals surface area contributed by atoms with E-state index < -0.39 is 5.97 Å². The maximum absolute atomic E-state index is 11.0. The Hall–Kier alpha value is -1.98. The molecule has 78 valence electrons. The molecule has 0 aromatic carbocycles. The first kappa shape index (κ1) is 9.57. The molecule has 2 aromatic rings. The van der Waals surface area contributed by atoms with Gasteiger partial charge in [0.15, 0.2) is 7.05 Å². The number of aromatic carboxylic acids is 1. The maximum Gasteiger partial charge on any atom is 0.226 e. The predicted octanol–water partition coefficient (Wildman–Crippen LogP) is -1.54. The van der Waals surface area contributed by atoms with Crippen LogP contribution in [0.5, 0.6) is 0 Å². The molecule has 15 heavy (non-hydrogen) atoms. The molecule has 0 aliphatic heterocycles. The zero-order chi connectivity index (χ0) is 11.2. The molecule has 0 saturated heterocycles. The molecule has 0 amide bonds. The SMILES string of the molecule is Cc1c(C(=O)[O-])c2cnn(C)c2n[n+]1C. The standard InChI is InChI=1S/C9H10N4O2/c1-5-7(9(14)15)6-4-10-13(3)8(6)11-12(5)2/h4H,1-3H3. The van der Waals surface area contributed by atoms with Gasteiger partial charge in [0.2, 0.25) is 11.3 Å². The van der Waals surface area contributed by atoms with Crippen molar-refractivity contribution in [1.29, 1.82) is 0 Å². The van der Waals surface area contributed by atoms with Gasteiger partial charge in [-0.3, -0.25) is 0 Å². The van der Waals surface area contributed by atoms with Crippen molar-refractivity contribution in [3.8, 4) is 0 Å². The summed E-state index contributed by atoms with van der Waals surface area (Å²) < 4.78 is 3.04. The number of carbonyl (C=O) groups excluding carboxylic acids is 1. The highest BCUT2D eigenvalue weighted by Gasteiger charge is 2.19. The Morgan fingerprint density at radius 3 is 2.87 bits per heavy atom.